The molecule has 0 aromatic heterocycles. The van der Waals surface area contributed by atoms with Gasteiger partial charge in [0, 0.05) is 209 Å². The molecular weight excluding hydrogens is 738 g/mol. The first-order chi connectivity index (χ1) is 11.3. The molecule has 0 amide bonds. The molecular formula is S23. The highest BCUT2D eigenvalue weighted by atomic mass is 33.5. The van der Waals surface area contributed by atoms with E-state index in [2.05, 4.69) is 0 Å². The van der Waals surface area contributed by atoms with Crippen LogP contribution in [0.5, 0.6) is 0 Å². The quantitative estimate of drug-likeness (QED) is 0.343. The maximum Gasteiger partial charge on any atom is 0 e. The summed E-state index contributed by atoms with van der Waals surface area (Å²) in [7, 11) is 32.8. The van der Waals surface area contributed by atoms with Crippen LogP contribution in [0.4, 0.5) is 0 Å². The van der Waals surface area contributed by atoms with Crippen LogP contribution in [-0.4, -0.2) is 0 Å². The van der Waals surface area contributed by atoms with Crippen LogP contribution in [-0.2, 0) is 209 Å². The Kier molecular flexibility index (Phi) is 30.6. The van der Waals surface area contributed by atoms with Crippen LogP contribution >= 0.6 is 0 Å². The van der Waals surface area contributed by atoms with Gasteiger partial charge in [-0.25, -0.2) is 0 Å². The Labute approximate surface area is 203 Å². The summed E-state index contributed by atoms with van der Waals surface area (Å²) >= 11 is 14.6. The van der Waals surface area contributed by atoms with Gasteiger partial charge in [0.1, 0.15) is 0 Å². The second kappa shape index (κ2) is 25.1. The predicted molar refractivity (Wildman–Crippen MR) is 169 cm³/mol. The summed E-state index contributed by atoms with van der Waals surface area (Å²) in [6.45, 7) is -0.370. The Bertz CT molecular complexity index is 1310. The highest BCUT2D eigenvalue weighted by Crippen LogP contribution is 1.43. The molecule has 0 bridgehead atoms. The van der Waals surface area contributed by atoms with Gasteiger partial charge in [-0.2, -0.15) is 0 Å². The lowest BCUT2D eigenvalue weighted by molar-refractivity contribution is 5.96. The van der Waals surface area contributed by atoms with Crippen molar-refractivity contribution in [1.82, 2.24) is 0 Å². The van der Waals surface area contributed by atoms with E-state index < -0.39 is 0 Å². The molecule has 0 saturated carbocycles. The molecule has 0 spiro atoms. The van der Waals surface area contributed by atoms with Crippen molar-refractivity contribution in [2.75, 3.05) is 0 Å². The fourth-order valence-corrected chi connectivity index (χ4v) is 52.4. The van der Waals surface area contributed by atoms with Crippen molar-refractivity contribution in [3.63, 3.8) is 0 Å². The van der Waals surface area contributed by atoms with Gasteiger partial charge in [0.25, 0.3) is 0 Å². The average Bonchev–Trinajstić information content (AvgIpc) is 2.53. The SMILES string of the molecule is S=S=S=S=S=S=S=S=S=S=S=S=S=S=S=S=S=S=S=S=S(=S)=S. The van der Waals surface area contributed by atoms with Gasteiger partial charge in [-0.1, -0.05) is 0 Å². The monoisotopic (exact) mass is 735 g/mol. The molecule has 0 N–H and O–H groups in total. The topological polar surface area (TPSA) is 0 Å². The van der Waals surface area contributed by atoms with E-state index in [1.807, 2.05) is 0 Å². The molecule has 0 fully saturated rings. The van der Waals surface area contributed by atoms with Crippen molar-refractivity contribution >= 4 is 209 Å². The van der Waals surface area contributed by atoms with Crippen molar-refractivity contribution in [2.24, 2.45) is 0 Å². The summed E-state index contributed by atoms with van der Waals surface area (Å²) in [6, 6.07) is 0. The summed E-state index contributed by atoms with van der Waals surface area (Å²) in [5, 5.41) is 0. The Balaban J connectivity index is 5.90. The lowest BCUT2D eigenvalue weighted by atomic mass is 30.7. The highest BCUT2D eigenvalue weighted by molar-refractivity contribution is 8.79. The number of hydrogen-bond acceptors (Lipinski definition) is 3. The normalized spacial score (nSPS) is 7.65. The van der Waals surface area contributed by atoms with Gasteiger partial charge in [0.15, 0.2) is 0 Å². The van der Waals surface area contributed by atoms with Crippen molar-refractivity contribution in [2.45, 2.75) is 0 Å². The third kappa shape index (κ3) is 27.1. The van der Waals surface area contributed by atoms with Crippen molar-refractivity contribution in [3.8, 4) is 0 Å². The Morgan fingerprint density at radius 3 is 0.913 bits per heavy atom. The standard InChI is InChI=1S/S23/c1-4-5-6-7-8-9-10-11-12-13-14-15-16-17-18-19-20-21-22-23(2)3. The molecule has 0 aromatic carbocycles. The zero-order valence-electron chi connectivity index (χ0n) is 9.39. The summed E-state index contributed by atoms with van der Waals surface area (Å²) in [5.41, 5.74) is 0. The van der Waals surface area contributed by atoms with Gasteiger partial charge >= 0.3 is 0 Å². The second-order valence-electron chi connectivity index (χ2n) is 1.50. The van der Waals surface area contributed by atoms with E-state index in [1.165, 1.54) is 8.88 Å². The van der Waals surface area contributed by atoms with Crippen LogP contribution < -0.4 is 0 Å². The van der Waals surface area contributed by atoms with E-state index in [1.54, 1.807) is 160 Å². The van der Waals surface area contributed by atoms with Crippen LogP contribution in [0.1, 0.15) is 0 Å². The minimum absolute atomic E-state index is 0.370. The van der Waals surface area contributed by atoms with E-state index in [-0.39, 0.29) is 6.57 Å². The van der Waals surface area contributed by atoms with Gasteiger partial charge in [-0.05, 0) is 0 Å². The minimum atomic E-state index is -0.370. The Morgan fingerprint density at radius 2 is 0.652 bits per heavy atom. The molecule has 0 saturated heterocycles. The largest absolute Gasteiger partial charge is 0 e. The zero-order valence-corrected chi connectivity index (χ0v) is 28.2. The zero-order chi connectivity index (χ0) is 17.0. The summed E-state index contributed by atoms with van der Waals surface area (Å²) in [6.07, 6.45) is 0. The van der Waals surface area contributed by atoms with Crippen molar-refractivity contribution in [1.29, 1.82) is 0 Å². The summed E-state index contributed by atoms with van der Waals surface area (Å²) in [5.74, 6) is 0. The van der Waals surface area contributed by atoms with Gasteiger partial charge in [0.2, 0.25) is 0 Å². The van der Waals surface area contributed by atoms with E-state index in [4.69, 9.17) is 33.6 Å². The van der Waals surface area contributed by atoms with E-state index in [0.717, 1.165) is 0 Å². The first-order valence-electron chi connectivity index (χ1n) is 3.67. The Hall–Kier alpha value is 5.06. The molecule has 138 valence electrons. The molecule has 0 rings (SSSR count). The van der Waals surface area contributed by atoms with Gasteiger partial charge in [-0.15, -0.1) is 0 Å². The highest BCUT2D eigenvalue weighted by Gasteiger charge is 1.43. The van der Waals surface area contributed by atoms with Gasteiger partial charge in [0.05, 0.1) is 0 Å². The molecule has 0 unspecified atom stereocenters. The first-order valence-corrected chi connectivity index (χ1v) is 33.0. The van der Waals surface area contributed by atoms with E-state index in [0.29, 0.717) is 0 Å². The van der Waals surface area contributed by atoms with Crippen LogP contribution in [0.3, 0.4) is 0 Å². The van der Waals surface area contributed by atoms with E-state index in [9.17, 15) is 0 Å². The molecule has 23 heavy (non-hydrogen) atoms. The van der Waals surface area contributed by atoms with E-state index >= 15 is 0 Å². The maximum absolute atomic E-state index is 4.92. The third-order valence-electron chi connectivity index (χ3n) is 0.556. The average molecular weight is 738 g/mol. The van der Waals surface area contributed by atoms with Crippen LogP contribution in [0.15, 0.2) is 0 Å². The molecule has 0 heterocycles. The third-order valence-corrected chi connectivity index (χ3v) is 45.0. The number of hydrogen-bond donors (Lipinski definition) is 0. The Morgan fingerprint density at radius 1 is 0.391 bits per heavy atom. The molecule has 0 aliphatic heterocycles. The smallest absolute Gasteiger partial charge is 0 e. The van der Waals surface area contributed by atoms with Crippen LogP contribution in [0.2, 0.25) is 0 Å². The first kappa shape index (κ1) is 28.1. The van der Waals surface area contributed by atoms with Crippen LogP contribution in [0.25, 0.3) is 0 Å². The predicted octanol–water partition coefficient (Wildman–Crippen LogP) is -0.0552. The van der Waals surface area contributed by atoms with Gasteiger partial charge in [-0.3, -0.25) is 0 Å². The molecule has 0 aliphatic rings. The molecule has 0 atom stereocenters. The van der Waals surface area contributed by atoms with Crippen LogP contribution in [0, 0.1) is 0 Å². The summed E-state index contributed by atoms with van der Waals surface area (Å²) in [4.78, 5) is 0. The lowest BCUT2D eigenvalue weighted by Gasteiger charge is -1.41. The molecule has 0 aliphatic carbocycles. The molecule has 23 heteroatoms. The lowest BCUT2D eigenvalue weighted by Crippen LogP contribution is -1.41. The minimum Gasteiger partial charge on any atom is 0 e. The van der Waals surface area contributed by atoms with Gasteiger partial charge < -0.3 is 0 Å². The fourth-order valence-electron chi connectivity index (χ4n) is 0.215. The molecule has 0 aromatic rings. The molecule has 0 radical (unpaired) electrons. The fraction of sp³-hybridized carbons (Fsp3) is 0. The molecule has 0 nitrogen and oxygen atoms in total. The second-order valence-corrected chi connectivity index (χ2v) is 40.4. The number of rotatable bonds is 0. The maximum atomic E-state index is 4.92. The van der Waals surface area contributed by atoms with Crippen molar-refractivity contribution in [3.05, 3.63) is 0 Å². The van der Waals surface area contributed by atoms with Crippen molar-refractivity contribution < 1.29 is 0 Å². The summed E-state index contributed by atoms with van der Waals surface area (Å²) < 4.78 is 0.